The largest absolute Gasteiger partial charge is 0.235 e. The smallest absolute Gasteiger partial charge is 0.148 e. The maximum absolute atomic E-state index is 2.30. The molecule has 0 aliphatic carbocycles. The molecule has 0 aromatic heterocycles. The van der Waals surface area contributed by atoms with Crippen molar-refractivity contribution in [1.82, 2.24) is 0 Å². The Hall–Kier alpha value is -2.09. The van der Waals surface area contributed by atoms with Crippen molar-refractivity contribution in [1.29, 1.82) is 0 Å². The highest BCUT2D eigenvalue weighted by molar-refractivity contribution is 5.60. The molecule has 0 saturated carbocycles. The summed E-state index contributed by atoms with van der Waals surface area (Å²) in [5, 5.41) is 2.30. The molecule has 1 aliphatic heterocycles. The van der Waals surface area contributed by atoms with E-state index in [0.29, 0.717) is 0 Å². The minimum atomic E-state index is 1.04. The SMILES string of the molecule is C1=[N+](c2ccccc2)N(c2ccccc2)CC1. The predicted molar refractivity (Wildman–Crippen MR) is 70.8 cm³/mol. The van der Waals surface area contributed by atoms with E-state index < -0.39 is 0 Å². The zero-order valence-corrected chi connectivity index (χ0v) is 9.66. The zero-order valence-electron chi connectivity index (χ0n) is 9.66. The van der Waals surface area contributed by atoms with Gasteiger partial charge in [-0.05, 0) is 12.1 Å². The normalized spacial score (nSPS) is 14.8. The molecule has 0 saturated heterocycles. The second-order valence-corrected chi connectivity index (χ2v) is 4.11. The van der Waals surface area contributed by atoms with E-state index in [4.69, 9.17) is 0 Å². The Labute approximate surface area is 101 Å². The monoisotopic (exact) mass is 223 g/mol. The Bertz CT molecular complexity index is 517. The third kappa shape index (κ3) is 1.94. The summed E-state index contributed by atoms with van der Waals surface area (Å²) in [4.78, 5) is 0. The third-order valence-corrected chi connectivity index (χ3v) is 2.98. The van der Waals surface area contributed by atoms with Gasteiger partial charge in [0.25, 0.3) is 0 Å². The Balaban J connectivity index is 1.96. The highest BCUT2D eigenvalue weighted by Crippen LogP contribution is 2.22. The van der Waals surface area contributed by atoms with Crippen molar-refractivity contribution >= 4 is 17.6 Å². The summed E-state index contributed by atoms with van der Waals surface area (Å²) in [6.45, 7) is 1.04. The minimum Gasteiger partial charge on any atom is -0.148 e. The maximum atomic E-state index is 2.30. The van der Waals surface area contributed by atoms with Crippen molar-refractivity contribution in [3.63, 3.8) is 0 Å². The fourth-order valence-electron chi connectivity index (χ4n) is 2.19. The van der Waals surface area contributed by atoms with Crippen LogP contribution in [0.1, 0.15) is 6.42 Å². The summed E-state index contributed by atoms with van der Waals surface area (Å²) in [7, 11) is 0. The van der Waals surface area contributed by atoms with Crippen LogP contribution in [-0.2, 0) is 0 Å². The van der Waals surface area contributed by atoms with E-state index in [-0.39, 0.29) is 0 Å². The topological polar surface area (TPSA) is 6.25 Å². The molecule has 0 fully saturated rings. The molecule has 0 bridgehead atoms. The summed E-state index contributed by atoms with van der Waals surface area (Å²) in [6, 6.07) is 21.0. The highest BCUT2D eigenvalue weighted by Gasteiger charge is 2.25. The van der Waals surface area contributed by atoms with Gasteiger partial charge in [0, 0.05) is 12.1 Å². The number of hydrazone groups is 1. The van der Waals surface area contributed by atoms with Crippen LogP contribution in [0.3, 0.4) is 0 Å². The van der Waals surface area contributed by atoms with Crippen LogP contribution in [0.5, 0.6) is 0 Å². The van der Waals surface area contributed by atoms with Gasteiger partial charge in [0.05, 0.1) is 18.7 Å². The number of hydrogen-bond acceptors (Lipinski definition) is 1. The fourth-order valence-corrected chi connectivity index (χ4v) is 2.19. The van der Waals surface area contributed by atoms with Gasteiger partial charge >= 0.3 is 0 Å². The lowest BCUT2D eigenvalue weighted by Crippen LogP contribution is -2.27. The van der Waals surface area contributed by atoms with Gasteiger partial charge in [-0.2, -0.15) is 0 Å². The van der Waals surface area contributed by atoms with Crippen LogP contribution < -0.4 is 5.01 Å². The molecule has 0 radical (unpaired) electrons. The predicted octanol–water partition coefficient (Wildman–Crippen LogP) is 3.23. The number of hydrogen-bond donors (Lipinski definition) is 0. The Morgan fingerprint density at radius 2 is 1.47 bits per heavy atom. The molecule has 17 heavy (non-hydrogen) atoms. The van der Waals surface area contributed by atoms with Crippen molar-refractivity contribution < 1.29 is 4.68 Å². The molecule has 0 atom stereocenters. The standard InChI is InChI=1S/C15H15N2/c1-3-8-14(9-4-1)16-12-7-13-17(16)15-10-5-2-6-11-15/h1-6,8-12H,7,13H2/q+1. The number of rotatable bonds is 2. The Kier molecular flexibility index (Phi) is 2.62. The summed E-state index contributed by atoms with van der Waals surface area (Å²) in [6.07, 6.45) is 3.33. The van der Waals surface area contributed by atoms with Crippen molar-refractivity contribution in [3.8, 4) is 0 Å². The van der Waals surface area contributed by atoms with E-state index in [1.807, 2.05) is 6.07 Å². The number of hydrazine groups is 1. The molecule has 2 heteroatoms. The molecule has 1 heterocycles. The van der Waals surface area contributed by atoms with E-state index >= 15 is 0 Å². The van der Waals surface area contributed by atoms with Crippen LogP contribution in [0.4, 0.5) is 11.4 Å². The minimum absolute atomic E-state index is 1.04. The van der Waals surface area contributed by atoms with Gasteiger partial charge in [0.15, 0.2) is 6.21 Å². The lowest BCUT2D eigenvalue weighted by Gasteiger charge is -2.14. The molecule has 0 amide bonds. The first kappa shape index (κ1) is 10.1. The molecule has 2 aromatic carbocycles. The number of benzene rings is 2. The van der Waals surface area contributed by atoms with Gasteiger partial charge in [-0.1, -0.05) is 41.1 Å². The average Bonchev–Trinajstić information content (AvgIpc) is 2.90. The van der Waals surface area contributed by atoms with Gasteiger partial charge in [-0.15, -0.1) is 5.01 Å². The highest BCUT2D eigenvalue weighted by atomic mass is 15.6. The van der Waals surface area contributed by atoms with Crippen molar-refractivity contribution in [3.05, 3.63) is 60.7 Å². The van der Waals surface area contributed by atoms with E-state index in [2.05, 4.69) is 70.5 Å². The molecule has 1 aliphatic rings. The Morgan fingerprint density at radius 3 is 2.18 bits per heavy atom. The van der Waals surface area contributed by atoms with Gasteiger partial charge in [-0.25, -0.2) is 0 Å². The third-order valence-electron chi connectivity index (χ3n) is 2.98. The van der Waals surface area contributed by atoms with E-state index in [9.17, 15) is 0 Å². The molecular weight excluding hydrogens is 208 g/mol. The molecule has 0 unspecified atom stereocenters. The number of nitrogens with zero attached hydrogens (tertiary/aromatic N) is 2. The van der Waals surface area contributed by atoms with Crippen LogP contribution in [0.15, 0.2) is 60.7 Å². The summed E-state index contributed by atoms with van der Waals surface area (Å²) in [5.74, 6) is 0. The van der Waals surface area contributed by atoms with E-state index in [1.165, 1.54) is 11.4 Å². The van der Waals surface area contributed by atoms with Gasteiger partial charge in [-0.3, -0.25) is 0 Å². The lowest BCUT2D eigenvalue weighted by atomic mass is 10.3. The molecule has 84 valence electrons. The first-order chi connectivity index (χ1) is 8.45. The van der Waals surface area contributed by atoms with E-state index in [1.54, 1.807) is 0 Å². The molecular formula is C15H15N2+. The summed E-state index contributed by atoms with van der Waals surface area (Å²) >= 11 is 0. The molecule has 2 aromatic rings. The van der Waals surface area contributed by atoms with Crippen LogP contribution in [0, 0.1) is 0 Å². The molecule has 2 nitrogen and oxygen atoms in total. The average molecular weight is 223 g/mol. The summed E-state index contributed by atoms with van der Waals surface area (Å²) < 4.78 is 2.23. The van der Waals surface area contributed by atoms with Gasteiger partial charge in [0.2, 0.25) is 5.69 Å². The number of para-hydroxylation sites is 2. The van der Waals surface area contributed by atoms with Gasteiger partial charge in [0.1, 0.15) is 0 Å². The lowest BCUT2D eigenvalue weighted by molar-refractivity contribution is -0.442. The maximum Gasteiger partial charge on any atom is 0.235 e. The zero-order chi connectivity index (χ0) is 11.5. The molecule has 0 N–H and O–H groups in total. The first-order valence-corrected chi connectivity index (χ1v) is 5.95. The molecule has 3 rings (SSSR count). The quantitative estimate of drug-likeness (QED) is 0.708. The van der Waals surface area contributed by atoms with Crippen molar-refractivity contribution in [2.75, 3.05) is 11.6 Å². The Morgan fingerprint density at radius 1 is 0.824 bits per heavy atom. The van der Waals surface area contributed by atoms with Crippen LogP contribution in [-0.4, -0.2) is 17.4 Å². The van der Waals surface area contributed by atoms with Crippen LogP contribution >= 0.6 is 0 Å². The van der Waals surface area contributed by atoms with Gasteiger partial charge < -0.3 is 0 Å². The second-order valence-electron chi connectivity index (χ2n) is 4.11. The van der Waals surface area contributed by atoms with E-state index in [0.717, 1.165) is 13.0 Å². The fraction of sp³-hybridized carbons (Fsp3) is 0.133. The second kappa shape index (κ2) is 4.42. The van der Waals surface area contributed by atoms with Crippen molar-refractivity contribution in [2.24, 2.45) is 0 Å². The van der Waals surface area contributed by atoms with Crippen LogP contribution in [0.2, 0.25) is 0 Å². The van der Waals surface area contributed by atoms with Crippen molar-refractivity contribution in [2.45, 2.75) is 6.42 Å². The first-order valence-electron chi connectivity index (χ1n) is 5.95. The van der Waals surface area contributed by atoms with Crippen LogP contribution in [0.25, 0.3) is 0 Å². The number of anilines is 1. The molecule has 0 spiro atoms. The summed E-state index contributed by atoms with van der Waals surface area (Å²) in [5.41, 5.74) is 2.46.